The quantitative estimate of drug-likeness (QED) is 0.0214. The molecule has 0 bridgehead atoms. The van der Waals surface area contributed by atoms with Crippen molar-refractivity contribution in [3.8, 4) is 5.75 Å². The van der Waals surface area contributed by atoms with E-state index in [4.69, 9.17) is 52.1 Å². The highest BCUT2D eigenvalue weighted by Gasteiger charge is 2.52. The number of nitrogens with one attached hydrogen (secondary N) is 2. The molecular formula is C102H159F3N2O15. The van der Waals surface area contributed by atoms with Crippen molar-refractivity contribution in [3.63, 3.8) is 0 Å². The summed E-state index contributed by atoms with van der Waals surface area (Å²) in [6.45, 7) is 14.5. The minimum absolute atomic E-state index is 0.00776. The van der Waals surface area contributed by atoms with E-state index in [9.17, 15) is 27.9 Å². The van der Waals surface area contributed by atoms with Gasteiger partial charge in [0.15, 0.2) is 12.6 Å². The summed E-state index contributed by atoms with van der Waals surface area (Å²) < 4.78 is 114. The highest BCUT2D eigenvalue weighted by atomic mass is 19.4. The van der Waals surface area contributed by atoms with Gasteiger partial charge in [0.2, 0.25) is 11.8 Å². The summed E-state index contributed by atoms with van der Waals surface area (Å²) in [7, 11) is 1.60. The van der Waals surface area contributed by atoms with Crippen molar-refractivity contribution in [1.29, 1.82) is 0 Å². The number of alkyl halides is 3. The fourth-order valence-electron chi connectivity index (χ4n) is 16.4. The number of ether oxygens (including phenoxy) is 11. The molecule has 0 aromatic heterocycles. The minimum atomic E-state index is -4.51. The number of esters is 1. The van der Waals surface area contributed by atoms with Crippen LogP contribution in [0.3, 0.4) is 0 Å². The van der Waals surface area contributed by atoms with Crippen LogP contribution in [0.2, 0.25) is 0 Å². The summed E-state index contributed by atoms with van der Waals surface area (Å²) in [6.07, 6.45) is 37.3. The van der Waals surface area contributed by atoms with E-state index in [2.05, 4.69) is 44.6 Å². The predicted molar refractivity (Wildman–Crippen MR) is 481 cm³/mol. The second-order valence-corrected chi connectivity index (χ2v) is 34.1. The molecule has 2 saturated heterocycles. The highest BCUT2D eigenvalue weighted by Crippen LogP contribution is 2.35. The van der Waals surface area contributed by atoms with E-state index >= 15 is 4.79 Å². The Balaban J connectivity index is 1.27. The lowest BCUT2D eigenvalue weighted by molar-refractivity contribution is -0.315. The molecule has 0 radical (unpaired) electrons. The van der Waals surface area contributed by atoms with Crippen LogP contribution in [0.4, 0.5) is 13.2 Å². The number of carbonyl (C=O) groups is 3. The van der Waals surface area contributed by atoms with Gasteiger partial charge in [-0.3, -0.25) is 14.4 Å². The van der Waals surface area contributed by atoms with Gasteiger partial charge in [0.05, 0.1) is 84.5 Å². The van der Waals surface area contributed by atoms with Crippen LogP contribution in [0.5, 0.6) is 5.75 Å². The van der Waals surface area contributed by atoms with Gasteiger partial charge in [-0.15, -0.1) is 13.2 Å². The number of hydrogen-bond acceptors (Lipinski definition) is 15. The van der Waals surface area contributed by atoms with Gasteiger partial charge in [0.25, 0.3) is 0 Å². The molecule has 0 spiro atoms. The number of carbonyl (C=O) groups excluding carboxylic acids is 3. The molecule has 6 rings (SSSR count). The molecule has 4 aromatic rings. The Labute approximate surface area is 733 Å². The molecule has 2 amide bonds. The van der Waals surface area contributed by atoms with Crippen LogP contribution >= 0.6 is 0 Å². The first kappa shape index (κ1) is 105. The minimum Gasteiger partial charge on any atom is -0.497 e. The molecule has 2 fully saturated rings. The molecule has 12 atom stereocenters. The first-order valence-electron chi connectivity index (χ1n) is 47.8. The fourth-order valence-corrected chi connectivity index (χ4v) is 16.4. The van der Waals surface area contributed by atoms with E-state index in [-0.39, 0.29) is 78.1 Å². The van der Waals surface area contributed by atoms with Gasteiger partial charge in [0.1, 0.15) is 60.6 Å². The molecule has 2 aliphatic rings. The Kier molecular flexibility index (Phi) is 57.0. The molecule has 0 unspecified atom stereocenters. The van der Waals surface area contributed by atoms with Gasteiger partial charge in [-0.2, -0.15) is 13.2 Å². The molecule has 20 heteroatoms. The molecule has 2 aliphatic heterocycles. The topological polar surface area (TPSA) is 197 Å². The fraction of sp³-hybridized carbons (Fsp3) is 0.696. The summed E-state index contributed by atoms with van der Waals surface area (Å²) in [5, 5.41) is 19.4. The van der Waals surface area contributed by atoms with Gasteiger partial charge >= 0.3 is 12.1 Å². The summed E-state index contributed by atoms with van der Waals surface area (Å²) in [5.74, 6) is -0.590. The number of hydrogen-bond donors (Lipinski definition) is 3. The summed E-state index contributed by atoms with van der Waals surface area (Å²) in [4.78, 5) is 44.3. The van der Waals surface area contributed by atoms with Gasteiger partial charge in [-0.05, 0) is 72.2 Å². The van der Waals surface area contributed by atoms with Crippen LogP contribution in [-0.2, 0) is 94.4 Å². The normalized spacial score (nSPS) is 19.7. The Hall–Kier alpha value is -6.04. The zero-order valence-electron chi connectivity index (χ0n) is 75.4. The lowest BCUT2D eigenvalue weighted by Crippen LogP contribution is -2.68. The van der Waals surface area contributed by atoms with Crippen LogP contribution in [0.25, 0.3) is 0 Å². The first-order valence-corrected chi connectivity index (χ1v) is 47.8. The van der Waals surface area contributed by atoms with Crippen molar-refractivity contribution in [3.05, 3.63) is 162 Å². The standard InChI is InChI=1S/C102H159F3N2O15/c1-7-12-15-18-21-24-27-30-31-34-37-40-43-46-55-62-93(110)120-88(61-54-45-42-39-36-33-29-26-23-20-17-14-9-3)74-92(109)107-95-99(118-78-84-65-69-86(112-6)70-66-84)98(117-77-82-58-51-48-52-59-82)89(79-113-71-10-4)121-101(95)119-80-90-97(116-76-81-56-49-47-50-57-81)96(111)94(100(122-90)114-72-11-5)106-91(108)73-87(115-75-83-63-67-85(68-64-83)102(103,104)105)60-53-44-41-38-35-32-28-25-22-19-16-13-8-2/h10-11,47-52,56-59,63-70,87-90,94-101,111H,4-5,7-9,12-46,53-55,60-62,71-80H2,1-3,6H3,(H,106,108)(H,107,109)/t87-,88-,89-,90-,94-,95-,96-,97-,98-,99-,100+,101-/m1/s1. The molecule has 0 aliphatic carbocycles. The number of aliphatic hydroxyl groups is 1. The zero-order chi connectivity index (χ0) is 87.1. The average Bonchev–Trinajstić information content (AvgIpc) is 0.774. The number of amides is 2. The Bertz CT molecular complexity index is 3260. The van der Waals surface area contributed by atoms with E-state index in [1.54, 1.807) is 13.2 Å². The van der Waals surface area contributed by atoms with Crippen LogP contribution in [-0.4, -0.2) is 130 Å². The lowest BCUT2D eigenvalue weighted by Gasteiger charge is -2.48. The zero-order valence-corrected chi connectivity index (χ0v) is 75.4. The van der Waals surface area contributed by atoms with Crippen LogP contribution in [0.1, 0.15) is 344 Å². The molecule has 0 saturated carbocycles. The van der Waals surface area contributed by atoms with Gasteiger partial charge in [-0.1, -0.05) is 368 Å². The Morgan fingerprint density at radius 3 is 1.25 bits per heavy atom. The molecule has 2 heterocycles. The second-order valence-electron chi connectivity index (χ2n) is 34.1. The van der Waals surface area contributed by atoms with Crippen molar-refractivity contribution in [2.75, 3.05) is 33.5 Å². The van der Waals surface area contributed by atoms with Crippen LogP contribution in [0, 0.1) is 0 Å². The van der Waals surface area contributed by atoms with Crippen LogP contribution < -0.4 is 15.4 Å². The second kappa shape index (κ2) is 66.4. The number of unbranched alkanes of at least 4 members (excludes halogenated alkanes) is 38. The smallest absolute Gasteiger partial charge is 0.416 e. The lowest BCUT2D eigenvalue weighted by atomic mass is 9.94. The molecular weight excluding hydrogens is 1550 g/mol. The Morgan fingerprint density at radius 2 is 0.803 bits per heavy atom. The Morgan fingerprint density at radius 1 is 0.426 bits per heavy atom. The van der Waals surface area contributed by atoms with Crippen molar-refractivity contribution >= 4 is 17.8 Å². The number of aliphatic hydroxyl groups excluding tert-OH is 1. The third-order valence-electron chi connectivity index (χ3n) is 23.6. The highest BCUT2D eigenvalue weighted by molar-refractivity contribution is 5.78. The third-order valence-corrected chi connectivity index (χ3v) is 23.6. The number of halogens is 3. The van der Waals surface area contributed by atoms with Crippen molar-refractivity contribution in [1.82, 2.24) is 10.6 Å². The maximum absolute atomic E-state index is 15.5. The maximum Gasteiger partial charge on any atom is 0.416 e. The summed E-state index contributed by atoms with van der Waals surface area (Å²) in [6, 6.07) is 29.1. The van der Waals surface area contributed by atoms with E-state index in [1.165, 1.54) is 198 Å². The van der Waals surface area contributed by atoms with E-state index in [1.807, 2.05) is 84.9 Å². The van der Waals surface area contributed by atoms with Gasteiger partial charge < -0.3 is 67.8 Å². The van der Waals surface area contributed by atoms with Crippen molar-refractivity contribution in [2.24, 2.45) is 0 Å². The van der Waals surface area contributed by atoms with Crippen LogP contribution in [0.15, 0.2) is 135 Å². The summed E-state index contributed by atoms with van der Waals surface area (Å²) >= 11 is 0. The summed E-state index contributed by atoms with van der Waals surface area (Å²) in [5.41, 5.74) is 2.21. The first-order chi connectivity index (χ1) is 59.7. The van der Waals surface area contributed by atoms with E-state index in [0.717, 1.165) is 106 Å². The van der Waals surface area contributed by atoms with Crippen molar-refractivity contribution in [2.45, 2.75) is 422 Å². The third kappa shape index (κ3) is 45.4. The molecule has 122 heavy (non-hydrogen) atoms. The van der Waals surface area contributed by atoms with Crippen molar-refractivity contribution < 1.29 is 84.8 Å². The number of methoxy groups -OCH3 is 1. The van der Waals surface area contributed by atoms with E-state index in [0.29, 0.717) is 30.6 Å². The van der Waals surface area contributed by atoms with Gasteiger partial charge in [-0.25, -0.2) is 0 Å². The molecule has 17 nitrogen and oxygen atoms in total. The van der Waals surface area contributed by atoms with Gasteiger partial charge in [0, 0.05) is 6.42 Å². The maximum atomic E-state index is 15.5. The molecule has 688 valence electrons. The largest absolute Gasteiger partial charge is 0.497 e. The molecule has 3 N–H and O–H groups in total. The monoisotopic (exact) mass is 1710 g/mol. The number of benzene rings is 4. The SMILES string of the molecule is C=CCOC[C@H]1O[C@@H](OC[C@H]2O[C@H](OCC=C)[C@H](NC(=O)C[C@@H](CCCCCCCCCCCCCCC)OCc3ccc(C(F)(F)F)cc3)[C@@H](O)[C@@H]2OCc2ccccc2)[C@H](NC(=O)C[C@@H](CCCCCCCCCCCCCCC)OC(=O)CCCCCCCCCCCCCCCCC)[C@@H](OCc2ccc(OC)cc2)[C@@H]1OCc1ccccc1. The predicted octanol–water partition coefficient (Wildman–Crippen LogP) is 24.5. The number of rotatable bonds is 74. The molecule has 4 aromatic carbocycles. The van der Waals surface area contributed by atoms with E-state index < -0.39 is 97.0 Å². The average molecular weight is 1710 g/mol.